The molecule has 0 aliphatic heterocycles. The second kappa shape index (κ2) is 13.7. The zero-order valence-electron chi connectivity index (χ0n) is 23.4. The fourth-order valence-electron chi connectivity index (χ4n) is 4.03. The highest BCUT2D eigenvalue weighted by Gasteiger charge is 2.33. The zero-order chi connectivity index (χ0) is 29.4. The molecule has 0 bridgehead atoms. The molecular weight excluding hydrogens is 550 g/mol. The number of anilines is 1. The maximum Gasteiger partial charge on any atom is 0.264 e. The third-order valence-electron chi connectivity index (χ3n) is 6.81. The minimum Gasteiger partial charge on any atom is -0.497 e. The molecule has 0 saturated carbocycles. The Labute approximate surface area is 241 Å². The molecule has 214 valence electrons. The van der Waals surface area contributed by atoms with Crippen molar-refractivity contribution < 1.29 is 22.7 Å². The van der Waals surface area contributed by atoms with Crippen LogP contribution in [0, 0.1) is 6.92 Å². The van der Waals surface area contributed by atoms with Crippen LogP contribution in [0.1, 0.15) is 38.3 Å². The number of amides is 2. The van der Waals surface area contributed by atoms with Crippen LogP contribution in [0.25, 0.3) is 0 Å². The Kier molecular flexibility index (Phi) is 10.6. The lowest BCUT2D eigenvalue weighted by atomic mass is 10.1. The number of benzene rings is 3. The summed E-state index contributed by atoms with van der Waals surface area (Å²) in [6.45, 7) is 7.04. The quantitative estimate of drug-likeness (QED) is 0.316. The molecule has 0 aliphatic carbocycles. The van der Waals surface area contributed by atoms with E-state index in [1.54, 1.807) is 43.3 Å². The summed E-state index contributed by atoms with van der Waals surface area (Å²) in [6, 6.07) is 18.8. The first kappa shape index (κ1) is 31.0. The van der Waals surface area contributed by atoms with Crippen LogP contribution < -0.4 is 14.4 Å². The van der Waals surface area contributed by atoms with E-state index in [4.69, 9.17) is 16.3 Å². The molecule has 3 aromatic rings. The highest BCUT2D eigenvalue weighted by Crippen LogP contribution is 2.27. The molecule has 3 aromatic carbocycles. The predicted molar refractivity (Wildman–Crippen MR) is 158 cm³/mol. The largest absolute Gasteiger partial charge is 0.497 e. The Bertz CT molecular complexity index is 1410. The molecule has 3 rings (SSSR count). The smallest absolute Gasteiger partial charge is 0.264 e. The number of ether oxygens (including phenoxy) is 1. The van der Waals surface area contributed by atoms with Crippen LogP contribution in [0.2, 0.25) is 5.02 Å². The average Bonchev–Trinajstić information content (AvgIpc) is 2.95. The first-order valence-electron chi connectivity index (χ1n) is 13.0. The van der Waals surface area contributed by atoms with E-state index in [9.17, 15) is 18.0 Å². The van der Waals surface area contributed by atoms with Crippen molar-refractivity contribution >= 4 is 39.1 Å². The van der Waals surface area contributed by atoms with E-state index in [2.05, 4.69) is 5.32 Å². The van der Waals surface area contributed by atoms with E-state index in [1.165, 1.54) is 24.1 Å². The summed E-state index contributed by atoms with van der Waals surface area (Å²) in [5, 5.41) is 3.36. The van der Waals surface area contributed by atoms with E-state index in [0.717, 1.165) is 21.9 Å². The Hall–Kier alpha value is -3.56. The molecule has 8 nitrogen and oxygen atoms in total. The normalized spacial score (nSPS) is 12.8. The Morgan fingerprint density at radius 2 is 1.60 bits per heavy atom. The van der Waals surface area contributed by atoms with E-state index < -0.39 is 28.5 Å². The van der Waals surface area contributed by atoms with E-state index in [-0.39, 0.29) is 29.1 Å². The molecule has 0 spiro atoms. The molecule has 0 unspecified atom stereocenters. The van der Waals surface area contributed by atoms with Crippen molar-refractivity contribution in [3.8, 4) is 5.75 Å². The van der Waals surface area contributed by atoms with Crippen LogP contribution in [0.15, 0.2) is 77.7 Å². The van der Waals surface area contributed by atoms with Crippen LogP contribution in [0.3, 0.4) is 0 Å². The molecule has 2 amide bonds. The van der Waals surface area contributed by atoms with Gasteiger partial charge in [-0.2, -0.15) is 0 Å². The summed E-state index contributed by atoms with van der Waals surface area (Å²) in [4.78, 5) is 28.5. The third kappa shape index (κ3) is 7.55. The number of sulfonamides is 1. The van der Waals surface area contributed by atoms with E-state index >= 15 is 0 Å². The summed E-state index contributed by atoms with van der Waals surface area (Å²) in [5.41, 5.74) is 2.08. The van der Waals surface area contributed by atoms with Crippen molar-refractivity contribution in [2.45, 2.75) is 57.6 Å². The number of halogens is 1. The Morgan fingerprint density at radius 3 is 2.17 bits per heavy atom. The van der Waals surface area contributed by atoms with Gasteiger partial charge in [-0.3, -0.25) is 13.9 Å². The maximum absolute atomic E-state index is 14.0. The van der Waals surface area contributed by atoms with Gasteiger partial charge in [-0.25, -0.2) is 8.42 Å². The molecule has 0 aliphatic rings. The maximum atomic E-state index is 14.0. The lowest BCUT2D eigenvalue weighted by molar-refractivity contribution is -0.139. The Morgan fingerprint density at radius 1 is 0.975 bits per heavy atom. The first-order valence-corrected chi connectivity index (χ1v) is 14.9. The van der Waals surface area contributed by atoms with Crippen molar-refractivity contribution in [2.75, 3.05) is 18.0 Å². The second-order valence-electron chi connectivity index (χ2n) is 9.61. The van der Waals surface area contributed by atoms with Crippen LogP contribution in [-0.4, -0.2) is 50.9 Å². The van der Waals surface area contributed by atoms with Crippen molar-refractivity contribution in [2.24, 2.45) is 0 Å². The van der Waals surface area contributed by atoms with Gasteiger partial charge in [0.25, 0.3) is 10.0 Å². The number of carbonyl (C=O) groups is 2. The van der Waals surface area contributed by atoms with Crippen LogP contribution in [0.5, 0.6) is 5.75 Å². The summed E-state index contributed by atoms with van der Waals surface area (Å²) in [7, 11) is -2.69. The van der Waals surface area contributed by atoms with Gasteiger partial charge in [0.1, 0.15) is 18.3 Å². The molecule has 2 atom stereocenters. The molecular formula is C30H36ClN3O5S. The summed E-state index contributed by atoms with van der Waals surface area (Å²) in [6.07, 6.45) is 0.731. The molecule has 0 heterocycles. The lowest BCUT2D eigenvalue weighted by Crippen LogP contribution is -2.52. The van der Waals surface area contributed by atoms with Gasteiger partial charge in [0.2, 0.25) is 11.8 Å². The van der Waals surface area contributed by atoms with Gasteiger partial charge in [-0.05, 0) is 86.8 Å². The van der Waals surface area contributed by atoms with Gasteiger partial charge >= 0.3 is 0 Å². The second-order valence-corrected chi connectivity index (χ2v) is 11.9. The number of methoxy groups -OCH3 is 1. The summed E-state index contributed by atoms with van der Waals surface area (Å²) in [5.74, 6) is -0.340. The Balaban J connectivity index is 2.03. The van der Waals surface area contributed by atoms with Crippen molar-refractivity contribution in [3.05, 3.63) is 88.9 Å². The van der Waals surface area contributed by atoms with Gasteiger partial charge in [-0.15, -0.1) is 0 Å². The minimum absolute atomic E-state index is 0.0101. The fraction of sp³-hybridized carbons (Fsp3) is 0.333. The zero-order valence-corrected chi connectivity index (χ0v) is 25.0. The van der Waals surface area contributed by atoms with Gasteiger partial charge in [0, 0.05) is 17.6 Å². The average molecular weight is 586 g/mol. The molecule has 40 heavy (non-hydrogen) atoms. The highest BCUT2D eigenvalue weighted by molar-refractivity contribution is 7.92. The highest BCUT2D eigenvalue weighted by atomic mass is 35.5. The van der Waals surface area contributed by atoms with Gasteiger partial charge < -0.3 is 15.0 Å². The topological polar surface area (TPSA) is 96.0 Å². The van der Waals surface area contributed by atoms with Crippen molar-refractivity contribution in [1.29, 1.82) is 0 Å². The lowest BCUT2D eigenvalue weighted by Gasteiger charge is -2.32. The number of rotatable bonds is 12. The monoisotopic (exact) mass is 585 g/mol. The molecule has 0 fully saturated rings. The number of nitrogens with zero attached hydrogens (tertiary/aromatic N) is 2. The van der Waals surface area contributed by atoms with E-state index in [0.29, 0.717) is 10.8 Å². The van der Waals surface area contributed by atoms with Crippen molar-refractivity contribution in [3.63, 3.8) is 0 Å². The van der Waals surface area contributed by atoms with Gasteiger partial charge in [-0.1, -0.05) is 42.8 Å². The number of carbonyl (C=O) groups excluding carboxylic acids is 2. The number of hydrogen-bond donors (Lipinski definition) is 1. The van der Waals surface area contributed by atoms with Gasteiger partial charge in [0.05, 0.1) is 17.7 Å². The minimum atomic E-state index is -4.18. The first-order chi connectivity index (χ1) is 19.0. The standard InChI is InChI=1S/C30H36ClN3O5S/c1-6-22(3)32-30(36)23(4)33(19-24-10-8-7-9-21(24)2)29(35)20-34(26-13-11-25(31)12-14-26)40(37,38)28-17-15-27(39-5)16-18-28/h7-18,22-23H,6,19-20H2,1-5H3,(H,32,36)/t22-,23-/m0/s1. The number of hydrogen-bond acceptors (Lipinski definition) is 5. The molecule has 1 N–H and O–H groups in total. The van der Waals surface area contributed by atoms with Crippen LogP contribution in [0.4, 0.5) is 5.69 Å². The van der Waals surface area contributed by atoms with Crippen LogP contribution >= 0.6 is 11.6 Å². The number of nitrogens with one attached hydrogen (secondary N) is 1. The SMILES string of the molecule is CC[C@H](C)NC(=O)[C@H](C)N(Cc1ccccc1C)C(=O)CN(c1ccc(Cl)cc1)S(=O)(=O)c1ccc(OC)cc1. The van der Waals surface area contributed by atoms with Crippen molar-refractivity contribution in [1.82, 2.24) is 10.2 Å². The number of aryl methyl sites for hydroxylation is 1. The predicted octanol–water partition coefficient (Wildman–Crippen LogP) is 5.18. The molecule has 0 saturated heterocycles. The fourth-order valence-corrected chi connectivity index (χ4v) is 5.57. The molecule has 0 aromatic heterocycles. The summed E-state index contributed by atoms with van der Waals surface area (Å²) >= 11 is 6.07. The summed E-state index contributed by atoms with van der Waals surface area (Å²) < 4.78 is 34.0. The van der Waals surface area contributed by atoms with Gasteiger partial charge in [0.15, 0.2) is 0 Å². The van der Waals surface area contributed by atoms with Crippen LogP contribution in [-0.2, 0) is 26.2 Å². The molecule has 10 heteroatoms. The third-order valence-corrected chi connectivity index (χ3v) is 8.85. The molecule has 0 radical (unpaired) electrons. The van der Waals surface area contributed by atoms with E-state index in [1.807, 2.05) is 45.0 Å².